The van der Waals surface area contributed by atoms with Gasteiger partial charge in [-0.25, -0.2) is 0 Å². The van der Waals surface area contributed by atoms with E-state index >= 15 is 0 Å². The Hall–Kier alpha value is -0.690. The highest BCUT2D eigenvalue weighted by atomic mass is 32.1. The van der Waals surface area contributed by atoms with Gasteiger partial charge in [0.25, 0.3) is 0 Å². The highest BCUT2D eigenvalue weighted by Gasteiger charge is 2.26. The van der Waals surface area contributed by atoms with Crippen molar-refractivity contribution >= 4 is 11.5 Å². The molecule has 3 nitrogen and oxygen atoms in total. The lowest BCUT2D eigenvalue weighted by molar-refractivity contribution is -0.135. The lowest BCUT2D eigenvalue weighted by Gasteiger charge is -2.13. The predicted octanol–water partition coefficient (Wildman–Crippen LogP) is 2.53. The second kappa shape index (κ2) is 5.41. The summed E-state index contributed by atoms with van der Waals surface area (Å²) in [5.74, 6) is 0. The molecule has 0 saturated heterocycles. The molecule has 1 N–H and O–H groups in total. The summed E-state index contributed by atoms with van der Waals surface area (Å²) < 4.78 is 39.4. The molecule has 0 spiro atoms. The zero-order chi connectivity index (χ0) is 11.3. The van der Waals surface area contributed by atoms with E-state index in [0.717, 1.165) is 4.88 Å². The lowest BCUT2D eigenvalue weighted by atomic mass is 10.1. The number of alkyl halides is 3. The molecule has 0 aliphatic heterocycles. The van der Waals surface area contributed by atoms with Crippen LogP contribution in [0.4, 0.5) is 13.2 Å². The summed E-state index contributed by atoms with van der Waals surface area (Å²) in [5, 5.41) is 6.61. The predicted molar refractivity (Wildman–Crippen MR) is 51.6 cm³/mol. The van der Waals surface area contributed by atoms with Gasteiger partial charge in [0.15, 0.2) is 0 Å². The van der Waals surface area contributed by atoms with Crippen molar-refractivity contribution in [2.45, 2.75) is 31.5 Å². The van der Waals surface area contributed by atoms with Crippen LogP contribution in [0.25, 0.3) is 0 Å². The maximum absolute atomic E-state index is 11.9. The Labute approximate surface area is 89.9 Å². The van der Waals surface area contributed by atoms with Crippen LogP contribution in [-0.2, 0) is 0 Å². The van der Waals surface area contributed by atoms with Crippen LogP contribution in [0.2, 0.25) is 0 Å². The molecule has 1 unspecified atom stereocenters. The number of hydrogen-bond acceptors (Lipinski definition) is 4. The first-order valence-electron chi connectivity index (χ1n) is 4.54. The third-order valence-corrected chi connectivity index (χ3v) is 2.80. The molecule has 0 aliphatic carbocycles. The van der Waals surface area contributed by atoms with Crippen LogP contribution in [0.3, 0.4) is 0 Å². The summed E-state index contributed by atoms with van der Waals surface area (Å²) >= 11 is 1.21. The van der Waals surface area contributed by atoms with Crippen molar-refractivity contribution < 1.29 is 13.2 Å². The Morgan fingerprint density at radius 3 is 2.73 bits per heavy atom. The van der Waals surface area contributed by atoms with Crippen molar-refractivity contribution in [3.63, 3.8) is 0 Å². The SMILES string of the molecule is CNC(CCCC(F)(F)F)c1cnns1. The number of nitrogens with zero attached hydrogens (tertiary/aromatic N) is 2. The molecule has 0 fully saturated rings. The van der Waals surface area contributed by atoms with Gasteiger partial charge < -0.3 is 5.32 Å². The van der Waals surface area contributed by atoms with Gasteiger partial charge in [-0.1, -0.05) is 4.49 Å². The summed E-state index contributed by atoms with van der Waals surface area (Å²) in [5.41, 5.74) is 0. The molecule has 1 aromatic heterocycles. The Balaban J connectivity index is 2.36. The van der Waals surface area contributed by atoms with E-state index in [1.807, 2.05) is 0 Å². The van der Waals surface area contributed by atoms with Gasteiger partial charge in [0.1, 0.15) is 0 Å². The molecule has 0 amide bonds. The summed E-state index contributed by atoms with van der Waals surface area (Å²) in [7, 11) is 1.72. The van der Waals surface area contributed by atoms with Crippen LogP contribution >= 0.6 is 11.5 Å². The Bertz CT molecular complexity index is 273. The Morgan fingerprint density at radius 1 is 1.53 bits per heavy atom. The first-order valence-corrected chi connectivity index (χ1v) is 5.31. The molecule has 1 rings (SSSR count). The highest BCUT2D eigenvalue weighted by molar-refractivity contribution is 7.05. The van der Waals surface area contributed by atoms with Crippen LogP contribution < -0.4 is 5.32 Å². The molecule has 0 aliphatic rings. The monoisotopic (exact) mass is 239 g/mol. The first kappa shape index (κ1) is 12.4. The smallest absolute Gasteiger partial charge is 0.312 e. The first-order chi connectivity index (χ1) is 7.03. The number of rotatable bonds is 5. The molecule has 0 aromatic carbocycles. The Morgan fingerprint density at radius 2 is 2.27 bits per heavy atom. The quantitative estimate of drug-likeness (QED) is 0.858. The largest absolute Gasteiger partial charge is 0.389 e. The van der Waals surface area contributed by atoms with E-state index in [4.69, 9.17) is 0 Å². The van der Waals surface area contributed by atoms with E-state index < -0.39 is 12.6 Å². The fourth-order valence-electron chi connectivity index (χ4n) is 1.26. The number of hydrogen-bond donors (Lipinski definition) is 1. The van der Waals surface area contributed by atoms with Gasteiger partial charge in [-0.3, -0.25) is 0 Å². The van der Waals surface area contributed by atoms with Crippen molar-refractivity contribution in [2.75, 3.05) is 7.05 Å². The van der Waals surface area contributed by atoms with Crippen molar-refractivity contribution in [3.8, 4) is 0 Å². The lowest BCUT2D eigenvalue weighted by Crippen LogP contribution is -2.16. The molecule has 15 heavy (non-hydrogen) atoms. The number of halogens is 3. The van der Waals surface area contributed by atoms with E-state index in [2.05, 4.69) is 14.9 Å². The van der Waals surface area contributed by atoms with Crippen LogP contribution in [0.5, 0.6) is 0 Å². The molecule has 0 radical (unpaired) electrons. The molecule has 1 aromatic rings. The summed E-state index contributed by atoms with van der Waals surface area (Å²) in [4.78, 5) is 0.875. The molecular formula is C8H12F3N3S. The maximum Gasteiger partial charge on any atom is 0.389 e. The van der Waals surface area contributed by atoms with E-state index in [9.17, 15) is 13.2 Å². The maximum atomic E-state index is 11.9. The second-order valence-corrected chi connectivity index (χ2v) is 3.99. The van der Waals surface area contributed by atoms with Gasteiger partial charge in [0.2, 0.25) is 0 Å². The average molecular weight is 239 g/mol. The Kier molecular flexibility index (Phi) is 4.46. The summed E-state index contributed by atoms with van der Waals surface area (Å²) in [6.45, 7) is 0. The van der Waals surface area contributed by atoms with Gasteiger partial charge >= 0.3 is 6.18 Å². The topological polar surface area (TPSA) is 37.8 Å². The van der Waals surface area contributed by atoms with E-state index in [1.54, 1.807) is 13.2 Å². The minimum Gasteiger partial charge on any atom is -0.312 e. The van der Waals surface area contributed by atoms with Gasteiger partial charge in [-0.15, -0.1) is 5.10 Å². The molecule has 1 atom stereocenters. The van der Waals surface area contributed by atoms with E-state index in [1.165, 1.54) is 11.5 Å². The third kappa shape index (κ3) is 4.57. The number of nitrogens with one attached hydrogen (secondary N) is 1. The number of aromatic nitrogens is 2. The van der Waals surface area contributed by atoms with Crippen molar-refractivity contribution in [1.82, 2.24) is 14.9 Å². The normalized spacial score (nSPS) is 14.1. The van der Waals surface area contributed by atoms with E-state index in [-0.39, 0.29) is 12.5 Å². The second-order valence-electron chi connectivity index (χ2n) is 3.17. The van der Waals surface area contributed by atoms with Crippen LogP contribution in [-0.4, -0.2) is 22.8 Å². The average Bonchev–Trinajstić information content (AvgIpc) is 2.63. The molecule has 0 bridgehead atoms. The zero-order valence-electron chi connectivity index (χ0n) is 8.21. The third-order valence-electron chi connectivity index (χ3n) is 2.02. The standard InChI is InChI=1S/C8H12F3N3S/c1-12-6(7-5-13-14-15-7)3-2-4-8(9,10)11/h5-6,12H,2-4H2,1H3. The van der Waals surface area contributed by atoms with Crippen LogP contribution in [0.15, 0.2) is 6.20 Å². The molecule has 7 heteroatoms. The van der Waals surface area contributed by atoms with Gasteiger partial charge in [-0.05, 0) is 31.4 Å². The van der Waals surface area contributed by atoms with Crippen molar-refractivity contribution in [2.24, 2.45) is 0 Å². The minimum atomic E-state index is -4.07. The fraction of sp³-hybridized carbons (Fsp3) is 0.750. The summed E-state index contributed by atoms with van der Waals surface area (Å²) in [6.07, 6.45) is -2.66. The van der Waals surface area contributed by atoms with Gasteiger partial charge in [0.05, 0.1) is 11.1 Å². The summed E-state index contributed by atoms with van der Waals surface area (Å²) in [6, 6.07) is -0.0765. The minimum absolute atomic E-state index is 0.0765. The molecule has 86 valence electrons. The van der Waals surface area contributed by atoms with Crippen molar-refractivity contribution in [3.05, 3.63) is 11.1 Å². The zero-order valence-corrected chi connectivity index (χ0v) is 9.03. The van der Waals surface area contributed by atoms with Gasteiger partial charge in [-0.2, -0.15) is 13.2 Å². The molecular weight excluding hydrogens is 227 g/mol. The van der Waals surface area contributed by atoms with Crippen molar-refractivity contribution in [1.29, 1.82) is 0 Å². The van der Waals surface area contributed by atoms with Gasteiger partial charge in [0, 0.05) is 12.5 Å². The molecule has 0 saturated carbocycles. The van der Waals surface area contributed by atoms with Crippen LogP contribution in [0, 0.1) is 0 Å². The fourth-order valence-corrected chi connectivity index (χ4v) is 1.91. The van der Waals surface area contributed by atoms with Crippen LogP contribution in [0.1, 0.15) is 30.2 Å². The highest BCUT2D eigenvalue weighted by Crippen LogP contribution is 2.26. The molecule has 1 heterocycles. The van der Waals surface area contributed by atoms with E-state index in [0.29, 0.717) is 6.42 Å².